The van der Waals surface area contributed by atoms with Gasteiger partial charge in [0, 0.05) is 7.11 Å². The Morgan fingerprint density at radius 3 is 2.33 bits per heavy atom. The monoisotopic (exact) mass is 217 g/mol. The third-order valence-corrected chi connectivity index (χ3v) is 2.72. The number of hydrogen-bond acceptors (Lipinski definition) is 4. The maximum Gasteiger partial charge on any atom is 0.307 e. The topological polar surface area (TPSA) is 47.6 Å². The molecule has 0 aromatic carbocycles. The number of methoxy groups -OCH3 is 2. The predicted molar refractivity (Wildman–Crippen MR) is 59.8 cm³/mol. The minimum atomic E-state index is -0.323. The highest BCUT2D eigenvalue weighted by molar-refractivity contribution is 5.70. The van der Waals surface area contributed by atoms with Crippen LogP contribution in [0.2, 0.25) is 0 Å². The summed E-state index contributed by atoms with van der Waals surface area (Å²) >= 11 is 0. The maximum absolute atomic E-state index is 11.4. The molecule has 0 aromatic rings. The van der Waals surface area contributed by atoms with Crippen molar-refractivity contribution in [2.75, 3.05) is 27.4 Å². The lowest BCUT2D eigenvalue weighted by Gasteiger charge is -2.37. The quantitative estimate of drug-likeness (QED) is 0.651. The molecule has 0 saturated heterocycles. The van der Waals surface area contributed by atoms with Crippen molar-refractivity contribution < 1.29 is 14.3 Å². The van der Waals surface area contributed by atoms with Crippen LogP contribution in [-0.4, -0.2) is 38.9 Å². The zero-order valence-corrected chi connectivity index (χ0v) is 10.4. The fraction of sp³-hybridized carbons (Fsp3) is 0.909. The molecule has 0 fully saturated rings. The molecule has 1 N–H and O–H groups in total. The second-order valence-corrected chi connectivity index (χ2v) is 4.03. The zero-order chi connectivity index (χ0) is 11.9. The molecule has 0 saturated carbocycles. The lowest BCUT2D eigenvalue weighted by molar-refractivity contribution is -0.143. The summed E-state index contributed by atoms with van der Waals surface area (Å²) in [7, 11) is 3.05. The van der Waals surface area contributed by atoms with Gasteiger partial charge in [0.05, 0.1) is 25.7 Å². The van der Waals surface area contributed by atoms with Crippen molar-refractivity contribution in [3.8, 4) is 0 Å². The molecule has 0 radical (unpaired) electrons. The Labute approximate surface area is 92.3 Å². The standard InChI is InChI=1S/C11H23NO3/c1-6-12-11(8-14-4,9(2)3)7-10(13)15-5/h9,12H,6-8H2,1-5H3. The number of esters is 1. The van der Waals surface area contributed by atoms with Gasteiger partial charge in [-0.05, 0) is 12.5 Å². The number of likely N-dealkylation sites (N-methyl/N-ethyl adjacent to an activating group) is 1. The van der Waals surface area contributed by atoms with Crippen molar-refractivity contribution in [3.05, 3.63) is 0 Å². The van der Waals surface area contributed by atoms with Gasteiger partial charge in [0.1, 0.15) is 0 Å². The van der Waals surface area contributed by atoms with Gasteiger partial charge < -0.3 is 14.8 Å². The Balaban J connectivity index is 4.68. The van der Waals surface area contributed by atoms with Gasteiger partial charge >= 0.3 is 5.97 Å². The van der Waals surface area contributed by atoms with Crippen molar-refractivity contribution in [2.24, 2.45) is 5.92 Å². The summed E-state index contributed by atoms with van der Waals surface area (Å²) in [6, 6.07) is 0. The van der Waals surface area contributed by atoms with Crippen molar-refractivity contribution in [1.29, 1.82) is 0 Å². The van der Waals surface area contributed by atoms with Crippen LogP contribution in [0.15, 0.2) is 0 Å². The Bertz CT molecular complexity index is 186. The van der Waals surface area contributed by atoms with E-state index >= 15 is 0 Å². The fourth-order valence-corrected chi connectivity index (χ4v) is 1.68. The van der Waals surface area contributed by atoms with Crippen LogP contribution in [0.3, 0.4) is 0 Å². The smallest absolute Gasteiger partial charge is 0.307 e. The Morgan fingerprint density at radius 1 is 1.40 bits per heavy atom. The summed E-state index contributed by atoms with van der Waals surface area (Å²) in [6.07, 6.45) is 0.336. The number of ether oxygens (including phenoxy) is 2. The van der Waals surface area contributed by atoms with Crippen LogP contribution in [0, 0.1) is 5.92 Å². The van der Waals surface area contributed by atoms with Crippen LogP contribution in [0.1, 0.15) is 27.2 Å². The van der Waals surface area contributed by atoms with Crippen LogP contribution < -0.4 is 5.32 Å². The predicted octanol–water partition coefficient (Wildman–Crippen LogP) is 1.20. The highest BCUT2D eigenvalue weighted by atomic mass is 16.5. The largest absolute Gasteiger partial charge is 0.469 e. The third kappa shape index (κ3) is 4.18. The van der Waals surface area contributed by atoms with E-state index in [9.17, 15) is 4.79 Å². The van der Waals surface area contributed by atoms with Crippen molar-refractivity contribution >= 4 is 5.97 Å². The van der Waals surface area contributed by atoms with Gasteiger partial charge in [-0.2, -0.15) is 0 Å². The van der Waals surface area contributed by atoms with Crippen LogP contribution in [0.4, 0.5) is 0 Å². The van der Waals surface area contributed by atoms with Crippen LogP contribution in [0.25, 0.3) is 0 Å². The number of carbonyl (C=O) groups excluding carboxylic acids is 1. The van der Waals surface area contributed by atoms with Crippen LogP contribution in [-0.2, 0) is 14.3 Å². The minimum Gasteiger partial charge on any atom is -0.469 e. The molecule has 0 bridgehead atoms. The lowest BCUT2D eigenvalue weighted by atomic mass is 9.84. The molecule has 0 aromatic heterocycles. The first-order valence-electron chi connectivity index (χ1n) is 5.33. The fourth-order valence-electron chi connectivity index (χ4n) is 1.68. The molecule has 90 valence electrons. The third-order valence-electron chi connectivity index (χ3n) is 2.72. The van der Waals surface area contributed by atoms with E-state index in [1.165, 1.54) is 7.11 Å². The molecule has 0 aliphatic carbocycles. The molecule has 0 aliphatic heterocycles. The van der Waals surface area contributed by atoms with Crippen molar-refractivity contribution in [3.63, 3.8) is 0 Å². The lowest BCUT2D eigenvalue weighted by Crippen LogP contribution is -2.54. The van der Waals surface area contributed by atoms with Gasteiger partial charge in [-0.3, -0.25) is 4.79 Å². The Hall–Kier alpha value is -0.610. The molecule has 0 amide bonds. The molecular weight excluding hydrogens is 194 g/mol. The number of carbonyl (C=O) groups is 1. The van der Waals surface area contributed by atoms with E-state index in [4.69, 9.17) is 9.47 Å². The summed E-state index contributed by atoms with van der Waals surface area (Å²) in [5, 5.41) is 3.34. The zero-order valence-electron chi connectivity index (χ0n) is 10.4. The highest BCUT2D eigenvalue weighted by Gasteiger charge is 2.35. The van der Waals surface area contributed by atoms with Crippen LogP contribution in [0.5, 0.6) is 0 Å². The second kappa shape index (κ2) is 6.80. The van der Waals surface area contributed by atoms with Gasteiger partial charge in [0.2, 0.25) is 0 Å². The summed E-state index contributed by atoms with van der Waals surface area (Å²) in [5.74, 6) is 0.0956. The molecule has 4 heteroatoms. The van der Waals surface area contributed by atoms with Crippen molar-refractivity contribution in [1.82, 2.24) is 5.32 Å². The summed E-state index contributed by atoms with van der Waals surface area (Å²) < 4.78 is 9.91. The molecular formula is C11H23NO3. The van der Waals surface area contributed by atoms with Gasteiger partial charge in [-0.25, -0.2) is 0 Å². The first-order chi connectivity index (χ1) is 7.02. The Kier molecular flexibility index (Phi) is 6.52. The molecule has 1 atom stereocenters. The number of rotatable bonds is 7. The van der Waals surface area contributed by atoms with E-state index in [0.717, 1.165) is 6.54 Å². The van der Waals surface area contributed by atoms with Gasteiger partial charge in [0.15, 0.2) is 0 Å². The summed E-state index contributed by atoms with van der Waals surface area (Å²) in [4.78, 5) is 11.4. The first kappa shape index (κ1) is 14.4. The molecule has 0 rings (SSSR count). The van der Waals surface area contributed by atoms with E-state index < -0.39 is 0 Å². The SMILES string of the molecule is CCNC(COC)(CC(=O)OC)C(C)C. The Morgan fingerprint density at radius 2 is 2.00 bits per heavy atom. The van der Waals surface area contributed by atoms with Crippen LogP contribution >= 0.6 is 0 Å². The summed E-state index contributed by atoms with van der Waals surface area (Å²) in [6.45, 7) is 7.48. The van der Waals surface area contributed by atoms with Crippen molar-refractivity contribution in [2.45, 2.75) is 32.7 Å². The van der Waals surface area contributed by atoms with Gasteiger partial charge in [-0.15, -0.1) is 0 Å². The first-order valence-corrected chi connectivity index (χ1v) is 5.33. The van der Waals surface area contributed by atoms with Gasteiger partial charge in [-0.1, -0.05) is 20.8 Å². The van der Waals surface area contributed by atoms with Gasteiger partial charge in [0.25, 0.3) is 0 Å². The molecule has 1 unspecified atom stereocenters. The van der Waals surface area contributed by atoms with E-state index in [0.29, 0.717) is 18.9 Å². The normalized spacial score (nSPS) is 15.1. The second-order valence-electron chi connectivity index (χ2n) is 4.03. The molecule has 0 aliphatic rings. The molecule has 15 heavy (non-hydrogen) atoms. The molecule has 0 heterocycles. The van der Waals surface area contributed by atoms with E-state index in [2.05, 4.69) is 19.2 Å². The average molecular weight is 217 g/mol. The number of nitrogens with one attached hydrogen (secondary N) is 1. The number of hydrogen-bond donors (Lipinski definition) is 1. The highest BCUT2D eigenvalue weighted by Crippen LogP contribution is 2.22. The van der Waals surface area contributed by atoms with E-state index in [1.54, 1.807) is 7.11 Å². The summed E-state index contributed by atoms with van der Waals surface area (Å²) in [5.41, 5.74) is -0.323. The molecule has 4 nitrogen and oxygen atoms in total. The minimum absolute atomic E-state index is 0.207. The van der Waals surface area contributed by atoms with E-state index in [-0.39, 0.29) is 11.5 Å². The maximum atomic E-state index is 11.4. The average Bonchev–Trinajstić information content (AvgIpc) is 2.18. The van der Waals surface area contributed by atoms with E-state index in [1.807, 2.05) is 6.92 Å². The molecule has 0 spiro atoms.